The van der Waals surface area contributed by atoms with Crippen LogP contribution in [0.15, 0.2) is 22.7 Å². The Hall–Kier alpha value is -0.410. The van der Waals surface area contributed by atoms with Crippen LogP contribution in [0, 0.1) is 11.2 Å². The molecule has 1 aliphatic carbocycles. The molecule has 1 aromatic rings. The van der Waals surface area contributed by atoms with Gasteiger partial charge in [-0.05, 0) is 35.6 Å². The lowest BCUT2D eigenvalue weighted by Gasteiger charge is -2.19. The summed E-state index contributed by atoms with van der Waals surface area (Å²) in [5, 5.41) is 9.52. The summed E-state index contributed by atoms with van der Waals surface area (Å²) in [6.07, 6.45) is 0.901. The van der Waals surface area contributed by atoms with Crippen molar-refractivity contribution in [2.75, 3.05) is 6.61 Å². The smallest absolute Gasteiger partial charge is 0.123 e. The zero-order valence-electron chi connectivity index (χ0n) is 8.85. The maximum atomic E-state index is 13.2. The molecule has 1 nitrogen and oxygen atoms in total. The van der Waals surface area contributed by atoms with Crippen molar-refractivity contribution in [3.8, 4) is 0 Å². The van der Waals surface area contributed by atoms with E-state index in [1.54, 1.807) is 6.07 Å². The largest absolute Gasteiger partial charge is 0.395 e. The monoisotopic (exact) mass is 272 g/mol. The van der Waals surface area contributed by atoms with Crippen LogP contribution in [0.25, 0.3) is 0 Å². The van der Waals surface area contributed by atoms with E-state index < -0.39 is 0 Å². The van der Waals surface area contributed by atoms with Crippen molar-refractivity contribution < 1.29 is 9.50 Å². The van der Waals surface area contributed by atoms with Crippen molar-refractivity contribution in [2.24, 2.45) is 5.41 Å². The molecule has 1 N–H and O–H groups in total. The fourth-order valence-corrected chi connectivity index (χ4v) is 3.02. The number of rotatable bonds is 2. The maximum Gasteiger partial charge on any atom is 0.123 e. The number of aliphatic hydroxyl groups is 1. The van der Waals surface area contributed by atoms with E-state index in [0.29, 0.717) is 0 Å². The van der Waals surface area contributed by atoms with E-state index >= 15 is 0 Å². The molecule has 1 aromatic carbocycles. The molecule has 0 spiro atoms. The van der Waals surface area contributed by atoms with Crippen molar-refractivity contribution in [2.45, 2.75) is 25.7 Å². The summed E-state index contributed by atoms with van der Waals surface area (Å²) in [6, 6.07) is 4.65. The number of aliphatic hydroxyl groups excluding tert-OH is 1. The quantitative estimate of drug-likeness (QED) is 0.877. The highest BCUT2D eigenvalue weighted by Crippen LogP contribution is 2.65. The van der Waals surface area contributed by atoms with E-state index in [9.17, 15) is 9.50 Å². The molecular weight excluding hydrogens is 259 g/mol. The minimum absolute atomic E-state index is 0.0536. The first-order chi connectivity index (χ1) is 6.93. The third-order valence-electron chi connectivity index (χ3n) is 3.63. The molecule has 0 aliphatic heterocycles. The van der Waals surface area contributed by atoms with E-state index in [2.05, 4.69) is 29.8 Å². The van der Waals surface area contributed by atoms with Crippen molar-refractivity contribution in [3.05, 3.63) is 34.1 Å². The third-order valence-corrected chi connectivity index (χ3v) is 4.32. The van der Waals surface area contributed by atoms with Gasteiger partial charge in [0.25, 0.3) is 0 Å². The molecule has 1 unspecified atom stereocenters. The van der Waals surface area contributed by atoms with Gasteiger partial charge in [0.05, 0.1) is 6.61 Å². The van der Waals surface area contributed by atoms with Crippen LogP contribution in [0.4, 0.5) is 4.39 Å². The summed E-state index contributed by atoms with van der Waals surface area (Å²) >= 11 is 3.42. The predicted molar refractivity (Wildman–Crippen MR) is 61.3 cm³/mol. The Morgan fingerprint density at radius 1 is 1.47 bits per heavy atom. The first kappa shape index (κ1) is 11.1. The zero-order valence-corrected chi connectivity index (χ0v) is 10.4. The maximum absolute atomic E-state index is 13.2. The van der Waals surface area contributed by atoms with Gasteiger partial charge in [-0.15, -0.1) is 0 Å². The van der Waals surface area contributed by atoms with E-state index in [-0.39, 0.29) is 23.3 Å². The first-order valence-corrected chi connectivity index (χ1v) is 5.79. The van der Waals surface area contributed by atoms with Gasteiger partial charge in [-0.3, -0.25) is 0 Å². The van der Waals surface area contributed by atoms with Gasteiger partial charge < -0.3 is 5.11 Å². The molecule has 0 saturated heterocycles. The zero-order chi connectivity index (χ0) is 11.3. The minimum atomic E-state index is -0.270. The highest BCUT2D eigenvalue weighted by atomic mass is 79.9. The number of halogens is 2. The molecule has 0 heterocycles. The number of hydrogen-bond donors (Lipinski definition) is 1. The first-order valence-electron chi connectivity index (χ1n) is 4.99. The van der Waals surface area contributed by atoms with E-state index in [1.807, 2.05) is 0 Å². The SMILES string of the molecule is CC1(C)CC1(CO)c1cc(F)ccc1Br. The Balaban J connectivity index is 2.50. The lowest BCUT2D eigenvalue weighted by Crippen LogP contribution is -2.20. The molecule has 82 valence electrons. The van der Waals surface area contributed by atoms with Crippen molar-refractivity contribution >= 4 is 15.9 Å². The van der Waals surface area contributed by atoms with E-state index in [4.69, 9.17) is 0 Å². The van der Waals surface area contributed by atoms with Crippen molar-refractivity contribution in [1.82, 2.24) is 0 Å². The highest BCUT2D eigenvalue weighted by Gasteiger charge is 2.62. The van der Waals surface area contributed by atoms with Gasteiger partial charge in [-0.25, -0.2) is 4.39 Å². The summed E-state index contributed by atoms with van der Waals surface area (Å²) in [4.78, 5) is 0. The van der Waals surface area contributed by atoms with Crippen LogP contribution in [-0.2, 0) is 5.41 Å². The summed E-state index contributed by atoms with van der Waals surface area (Å²) in [7, 11) is 0. The molecule has 0 aromatic heterocycles. The van der Waals surface area contributed by atoms with Gasteiger partial charge in [0.2, 0.25) is 0 Å². The molecule has 3 heteroatoms. The van der Waals surface area contributed by atoms with Crippen LogP contribution in [0.1, 0.15) is 25.8 Å². The summed E-state index contributed by atoms with van der Waals surface area (Å²) in [5.74, 6) is -0.247. The van der Waals surface area contributed by atoms with Crippen LogP contribution >= 0.6 is 15.9 Å². The molecule has 15 heavy (non-hydrogen) atoms. The molecular formula is C12H14BrFO. The van der Waals surface area contributed by atoms with Crippen LogP contribution in [0.2, 0.25) is 0 Å². The summed E-state index contributed by atoms with van der Waals surface area (Å²) in [5.41, 5.74) is 0.668. The van der Waals surface area contributed by atoms with Crippen molar-refractivity contribution in [3.63, 3.8) is 0 Å². The summed E-state index contributed by atoms with van der Waals surface area (Å²) < 4.78 is 14.1. The van der Waals surface area contributed by atoms with Crippen LogP contribution in [-0.4, -0.2) is 11.7 Å². The Morgan fingerprint density at radius 3 is 2.53 bits per heavy atom. The predicted octanol–water partition coefficient (Wildman–Crippen LogP) is 3.25. The molecule has 1 fully saturated rings. The van der Waals surface area contributed by atoms with Gasteiger partial charge in [0, 0.05) is 9.89 Å². The van der Waals surface area contributed by atoms with Crippen LogP contribution < -0.4 is 0 Å². The second-order valence-electron chi connectivity index (χ2n) is 4.93. The number of hydrogen-bond acceptors (Lipinski definition) is 1. The van der Waals surface area contributed by atoms with E-state index in [0.717, 1.165) is 16.5 Å². The van der Waals surface area contributed by atoms with Gasteiger partial charge in [0.1, 0.15) is 5.82 Å². The average Bonchev–Trinajstić information content (AvgIpc) is 2.74. The standard InChI is InChI=1S/C12H14BrFO/c1-11(2)6-12(11,7-15)9-5-8(14)3-4-10(9)13/h3-5,15H,6-7H2,1-2H3. The van der Waals surface area contributed by atoms with Crippen LogP contribution in [0.3, 0.4) is 0 Å². The fourth-order valence-electron chi connectivity index (χ4n) is 2.39. The Kier molecular flexibility index (Phi) is 2.43. The molecule has 0 amide bonds. The molecule has 0 bridgehead atoms. The van der Waals surface area contributed by atoms with E-state index in [1.165, 1.54) is 12.1 Å². The second-order valence-corrected chi connectivity index (χ2v) is 5.78. The molecule has 1 atom stereocenters. The van der Waals surface area contributed by atoms with Gasteiger partial charge in [0.15, 0.2) is 0 Å². The average molecular weight is 273 g/mol. The Morgan fingerprint density at radius 2 is 2.07 bits per heavy atom. The highest BCUT2D eigenvalue weighted by molar-refractivity contribution is 9.10. The van der Waals surface area contributed by atoms with Crippen molar-refractivity contribution in [1.29, 1.82) is 0 Å². The molecule has 1 saturated carbocycles. The third kappa shape index (κ3) is 1.53. The van der Waals surface area contributed by atoms with Crippen LogP contribution in [0.5, 0.6) is 0 Å². The van der Waals surface area contributed by atoms with Gasteiger partial charge in [-0.2, -0.15) is 0 Å². The molecule has 2 rings (SSSR count). The molecule has 0 radical (unpaired) electrons. The minimum Gasteiger partial charge on any atom is -0.395 e. The molecule has 1 aliphatic rings. The number of benzene rings is 1. The topological polar surface area (TPSA) is 20.2 Å². The normalized spacial score (nSPS) is 27.8. The summed E-state index contributed by atoms with van der Waals surface area (Å²) in [6.45, 7) is 4.27. The Labute approximate surface area is 97.4 Å². The Bertz CT molecular complexity index is 403. The fraction of sp³-hybridized carbons (Fsp3) is 0.500. The lowest BCUT2D eigenvalue weighted by molar-refractivity contribution is 0.230. The second kappa shape index (κ2) is 3.29. The lowest BCUT2D eigenvalue weighted by atomic mass is 9.89. The van der Waals surface area contributed by atoms with Gasteiger partial charge >= 0.3 is 0 Å². The van der Waals surface area contributed by atoms with Gasteiger partial charge in [-0.1, -0.05) is 29.8 Å².